The standard InChI is InChI=1S/C47H78NO8P/c1-3-5-7-9-11-13-15-17-18-19-20-21-22-23-24-25-26-28-29-31-33-35-37-39-46(49)53-43-45(44-55-57(51,52)54-42-41-48)56-47(50)40-38-36-34-32-30-27-16-14-12-10-8-6-4-2/h5-8,10-14,16-18,20-21,23-24,45H,3-4,9,15,19,22,25-44,48H2,1-2H3,(H,51,52)/b7-5+,8-6+,12-10+,13-11+,16-14+,18-17+,21-20+,24-23+. The van der Waals surface area contributed by atoms with E-state index in [1.54, 1.807) is 0 Å². The largest absolute Gasteiger partial charge is 0.472 e. The molecule has 0 heterocycles. The van der Waals surface area contributed by atoms with E-state index in [0.29, 0.717) is 12.8 Å². The van der Waals surface area contributed by atoms with Gasteiger partial charge in [-0.15, -0.1) is 0 Å². The molecule has 0 aromatic rings. The zero-order chi connectivity index (χ0) is 41.8. The second-order valence-electron chi connectivity index (χ2n) is 13.9. The molecule has 0 aliphatic heterocycles. The van der Waals surface area contributed by atoms with Crippen LogP contribution in [0.1, 0.15) is 155 Å². The summed E-state index contributed by atoms with van der Waals surface area (Å²) in [4.78, 5) is 34.9. The van der Waals surface area contributed by atoms with Crippen molar-refractivity contribution in [3.05, 3.63) is 97.2 Å². The van der Waals surface area contributed by atoms with Crippen LogP contribution in [0.25, 0.3) is 0 Å². The fraction of sp³-hybridized carbons (Fsp3) is 0.617. The molecule has 2 unspecified atom stereocenters. The number of hydrogen-bond acceptors (Lipinski definition) is 8. The number of hydrogen-bond donors (Lipinski definition) is 2. The molecule has 2 atom stereocenters. The molecule has 324 valence electrons. The van der Waals surface area contributed by atoms with Crippen molar-refractivity contribution in [2.24, 2.45) is 5.73 Å². The zero-order valence-electron chi connectivity index (χ0n) is 35.5. The van der Waals surface area contributed by atoms with Gasteiger partial charge >= 0.3 is 19.8 Å². The van der Waals surface area contributed by atoms with Crippen molar-refractivity contribution in [2.45, 2.75) is 161 Å². The highest BCUT2D eigenvalue weighted by atomic mass is 31.2. The molecule has 9 nitrogen and oxygen atoms in total. The molecule has 0 aromatic carbocycles. The van der Waals surface area contributed by atoms with Gasteiger partial charge in [-0.3, -0.25) is 18.6 Å². The van der Waals surface area contributed by atoms with E-state index >= 15 is 0 Å². The van der Waals surface area contributed by atoms with Gasteiger partial charge in [0, 0.05) is 19.4 Å². The summed E-state index contributed by atoms with van der Waals surface area (Å²) in [6, 6.07) is 0. The Morgan fingerprint density at radius 2 is 1.00 bits per heavy atom. The van der Waals surface area contributed by atoms with Crippen molar-refractivity contribution < 1.29 is 37.6 Å². The molecule has 0 aliphatic rings. The zero-order valence-corrected chi connectivity index (χ0v) is 36.4. The Morgan fingerprint density at radius 3 is 1.54 bits per heavy atom. The maximum Gasteiger partial charge on any atom is 0.472 e. The Bertz CT molecular complexity index is 1250. The van der Waals surface area contributed by atoms with E-state index in [1.807, 2.05) is 18.2 Å². The SMILES string of the molecule is CC/C=C/C=C/C=C/CCCCCCCC(=O)OC(COC(=O)CCCCCCCCC/C=C/C/C=C/C/C=C/C/C=C/C/C=C/CC)COP(=O)(O)OCCN. The molecule has 57 heavy (non-hydrogen) atoms. The van der Waals surface area contributed by atoms with Gasteiger partial charge < -0.3 is 20.1 Å². The minimum absolute atomic E-state index is 0.0424. The molecule has 10 heteroatoms. The Labute approximate surface area is 346 Å². The van der Waals surface area contributed by atoms with Crippen LogP contribution in [-0.2, 0) is 32.7 Å². The number of rotatable bonds is 39. The molecule has 0 fully saturated rings. The number of phosphoric ester groups is 1. The van der Waals surface area contributed by atoms with Gasteiger partial charge in [0.2, 0.25) is 0 Å². The first kappa shape index (κ1) is 53.9. The summed E-state index contributed by atoms with van der Waals surface area (Å²) in [5.74, 6) is -0.876. The topological polar surface area (TPSA) is 134 Å². The molecular weight excluding hydrogens is 737 g/mol. The highest BCUT2D eigenvalue weighted by molar-refractivity contribution is 7.47. The molecule has 0 aromatic heterocycles. The van der Waals surface area contributed by atoms with Crippen LogP contribution >= 0.6 is 7.82 Å². The number of unbranched alkanes of at least 4 members (excludes halogenated alkanes) is 12. The molecule has 0 saturated heterocycles. The van der Waals surface area contributed by atoms with Gasteiger partial charge in [-0.1, -0.05) is 162 Å². The third-order valence-corrected chi connectivity index (χ3v) is 9.51. The van der Waals surface area contributed by atoms with Crippen molar-refractivity contribution in [2.75, 3.05) is 26.4 Å². The predicted molar refractivity (Wildman–Crippen MR) is 238 cm³/mol. The van der Waals surface area contributed by atoms with Crippen LogP contribution < -0.4 is 5.73 Å². The summed E-state index contributed by atoms with van der Waals surface area (Å²) in [5.41, 5.74) is 5.34. The Hall–Kier alpha value is -3.07. The first-order chi connectivity index (χ1) is 27.8. The number of phosphoric acid groups is 1. The quantitative estimate of drug-likeness (QED) is 0.0204. The molecule has 0 radical (unpaired) electrons. The van der Waals surface area contributed by atoms with Crippen LogP contribution in [0.5, 0.6) is 0 Å². The van der Waals surface area contributed by atoms with Gasteiger partial charge in [0.05, 0.1) is 13.2 Å². The molecule has 0 amide bonds. The summed E-state index contributed by atoms with van der Waals surface area (Å²) in [6.07, 6.45) is 54.4. The average molecular weight is 816 g/mol. The average Bonchev–Trinajstić information content (AvgIpc) is 3.20. The van der Waals surface area contributed by atoms with Crippen LogP contribution in [0.3, 0.4) is 0 Å². The monoisotopic (exact) mass is 816 g/mol. The summed E-state index contributed by atoms with van der Waals surface area (Å²) < 4.78 is 32.7. The summed E-state index contributed by atoms with van der Waals surface area (Å²) >= 11 is 0. The fourth-order valence-electron chi connectivity index (χ4n) is 5.37. The first-order valence-electron chi connectivity index (χ1n) is 21.7. The van der Waals surface area contributed by atoms with E-state index in [-0.39, 0.29) is 32.6 Å². The number of nitrogens with two attached hydrogens (primary N) is 1. The van der Waals surface area contributed by atoms with Gasteiger partial charge in [0.15, 0.2) is 6.10 Å². The van der Waals surface area contributed by atoms with Crippen molar-refractivity contribution >= 4 is 19.8 Å². The third-order valence-electron chi connectivity index (χ3n) is 8.53. The molecule has 0 rings (SSSR count). The highest BCUT2D eigenvalue weighted by Gasteiger charge is 2.26. The van der Waals surface area contributed by atoms with E-state index in [1.165, 1.54) is 19.3 Å². The van der Waals surface area contributed by atoms with E-state index in [4.69, 9.17) is 24.3 Å². The number of carbonyl (C=O) groups excluding carboxylic acids is 2. The predicted octanol–water partition coefficient (Wildman–Crippen LogP) is 12.6. The maximum atomic E-state index is 12.6. The van der Waals surface area contributed by atoms with Gasteiger partial charge in [0.1, 0.15) is 6.61 Å². The molecule has 0 bridgehead atoms. The summed E-state index contributed by atoms with van der Waals surface area (Å²) in [5, 5.41) is 0. The molecule has 0 spiro atoms. The van der Waals surface area contributed by atoms with E-state index in [0.717, 1.165) is 96.3 Å². The van der Waals surface area contributed by atoms with Gasteiger partial charge in [-0.2, -0.15) is 0 Å². The molecule has 3 N–H and O–H groups in total. The highest BCUT2D eigenvalue weighted by Crippen LogP contribution is 2.43. The Morgan fingerprint density at radius 1 is 0.544 bits per heavy atom. The summed E-state index contributed by atoms with van der Waals surface area (Å²) in [7, 11) is -4.39. The van der Waals surface area contributed by atoms with Crippen LogP contribution in [0, 0.1) is 0 Å². The molecule has 0 aliphatic carbocycles. The van der Waals surface area contributed by atoms with E-state index < -0.39 is 32.5 Å². The van der Waals surface area contributed by atoms with Crippen LogP contribution in [0.2, 0.25) is 0 Å². The number of esters is 2. The lowest BCUT2D eigenvalue weighted by molar-refractivity contribution is -0.161. The lowest BCUT2D eigenvalue weighted by Gasteiger charge is -2.19. The first-order valence-corrected chi connectivity index (χ1v) is 23.2. The molecular formula is C47H78NO8P. The van der Waals surface area contributed by atoms with E-state index in [2.05, 4.69) is 92.8 Å². The minimum atomic E-state index is -4.39. The smallest absolute Gasteiger partial charge is 0.462 e. The normalized spacial score (nSPS) is 14.2. The Balaban J connectivity index is 4.17. The maximum absolute atomic E-state index is 12.6. The van der Waals surface area contributed by atoms with Crippen molar-refractivity contribution in [3.8, 4) is 0 Å². The second-order valence-corrected chi connectivity index (χ2v) is 15.3. The lowest BCUT2D eigenvalue weighted by atomic mass is 10.1. The van der Waals surface area contributed by atoms with Crippen LogP contribution in [0.4, 0.5) is 0 Å². The van der Waals surface area contributed by atoms with Crippen molar-refractivity contribution in [1.29, 1.82) is 0 Å². The van der Waals surface area contributed by atoms with Crippen LogP contribution in [-0.4, -0.2) is 49.3 Å². The number of carbonyl (C=O) groups is 2. The van der Waals surface area contributed by atoms with Crippen LogP contribution in [0.15, 0.2) is 97.2 Å². The van der Waals surface area contributed by atoms with Gasteiger partial charge in [-0.05, 0) is 77.0 Å². The van der Waals surface area contributed by atoms with E-state index in [9.17, 15) is 19.0 Å². The second kappa shape index (κ2) is 42.5. The lowest BCUT2D eigenvalue weighted by Crippen LogP contribution is -2.29. The third kappa shape index (κ3) is 42.4. The minimum Gasteiger partial charge on any atom is -0.462 e. The summed E-state index contributed by atoms with van der Waals surface area (Å²) in [6.45, 7) is 3.42. The van der Waals surface area contributed by atoms with Crippen molar-refractivity contribution in [1.82, 2.24) is 0 Å². The fourth-order valence-corrected chi connectivity index (χ4v) is 6.13. The number of allylic oxidation sites excluding steroid dienone is 16. The van der Waals surface area contributed by atoms with Gasteiger partial charge in [0.25, 0.3) is 0 Å². The van der Waals surface area contributed by atoms with Gasteiger partial charge in [-0.25, -0.2) is 4.57 Å². The number of ether oxygens (including phenoxy) is 2. The molecule has 0 saturated carbocycles. The van der Waals surface area contributed by atoms with Crippen molar-refractivity contribution in [3.63, 3.8) is 0 Å². The Kier molecular flexibility index (Phi) is 40.2.